The van der Waals surface area contributed by atoms with E-state index < -0.39 is 17.9 Å². The van der Waals surface area contributed by atoms with Crippen LogP contribution in [0.2, 0.25) is 5.02 Å². The molecule has 4 aliphatic rings. The standard InChI is InChI=1S/C28H37ClF4O2/c29-26-23(25-16-35-25)13-14-24(27(26)30)34-15-17-1-3-18(4-2-17)19-5-7-20(8-6-19)21-9-11-22(12-10-21)28(31,32)33/h13-14,17-22,25H,1-12,15-16H2. The Morgan fingerprint density at radius 1 is 0.800 bits per heavy atom. The van der Waals surface area contributed by atoms with Crippen LogP contribution in [0.4, 0.5) is 17.6 Å². The van der Waals surface area contributed by atoms with Gasteiger partial charge in [0.1, 0.15) is 6.10 Å². The third kappa shape index (κ3) is 6.11. The largest absolute Gasteiger partial charge is 0.490 e. The van der Waals surface area contributed by atoms with E-state index in [0.29, 0.717) is 49.4 Å². The molecule has 0 spiro atoms. The first-order valence-corrected chi connectivity index (χ1v) is 14.0. The second kappa shape index (κ2) is 10.8. The van der Waals surface area contributed by atoms with Gasteiger partial charge >= 0.3 is 6.18 Å². The summed E-state index contributed by atoms with van der Waals surface area (Å²) in [5.74, 6) is 1.74. The first kappa shape index (κ1) is 25.6. The molecule has 0 radical (unpaired) electrons. The molecule has 4 fully saturated rings. The number of benzene rings is 1. The Balaban J connectivity index is 1.02. The van der Waals surface area contributed by atoms with Crippen molar-refractivity contribution in [3.05, 3.63) is 28.5 Å². The van der Waals surface area contributed by atoms with Crippen LogP contribution in [-0.2, 0) is 4.74 Å². The summed E-state index contributed by atoms with van der Waals surface area (Å²) in [5, 5.41) is 0.109. The number of halogens is 5. The lowest BCUT2D eigenvalue weighted by Gasteiger charge is -2.41. The number of hydrogen-bond acceptors (Lipinski definition) is 2. The van der Waals surface area contributed by atoms with Crippen LogP contribution in [0.25, 0.3) is 0 Å². The van der Waals surface area contributed by atoms with Crippen molar-refractivity contribution in [3.63, 3.8) is 0 Å². The monoisotopic (exact) mass is 516 g/mol. The fraction of sp³-hybridized carbons (Fsp3) is 0.786. The molecule has 1 unspecified atom stereocenters. The van der Waals surface area contributed by atoms with E-state index in [4.69, 9.17) is 21.1 Å². The molecule has 1 aliphatic heterocycles. The van der Waals surface area contributed by atoms with Crippen LogP contribution in [-0.4, -0.2) is 19.4 Å². The summed E-state index contributed by atoms with van der Waals surface area (Å²) in [4.78, 5) is 0. The molecule has 3 saturated carbocycles. The highest BCUT2D eigenvalue weighted by atomic mass is 35.5. The molecule has 3 aliphatic carbocycles. The summed E-state index contributed by atoms with van der Waals surface area (Å²) in [7, 11) is 0. The fourth-order valence-electron chi connectivity index (χ4n) is 7.17. The second-order valence-corrected chi connectivity index (χ2v) is 11.9. The van der Waals surface area contributed by atoms with Gasteiger partial charge in [-0.15, -0.1) is 0 Å². The van der Waals surface area contributed by atoms with Crippen LogP contribution >= 0.6 is 11.6 Å². The van der Waals surface area contributed by atoms with Crippen molar-refractivity contribution in [1.82, 2.24) is 0 Å². The van der Waals surface area contributed by atoms with Crippen molar-refractivity contribution in [1.29, 1.82) is 0 Å². The molecule has 1 aromatic rings. The molecule has 0 N–H and O–H groups in total. The van der Waals surface area contributed by atoms with Gasteiger partial charge in [0.2, 0.25) is 0 Å². The third-order valence-electron chi connectivity index (χ3n) is 9.51. The average molecular weight is 517 g/mol. The zero-order valence-corrected chi connectivity index (χ0v) is 21.1. The number of hydrogen-bond donors (Lipinski definition) is 0. The third-order valence-corrected chi connectivity index (χ3v) is 9.89. The summed E-state index contributed by atoms with van der Waals surface area (Å²) in [6.07, 6.45) is 7.53. The van der Waals surface area contributed by atoms with Gasteiger partial charge in [-0.1, -0.05) is 17.7 Å². The molecule has 0 amide bonds. The van der Waals surface area contributed by atoms with E-state index in [1.807, 2.05) is 0 Å². The summed E-state index contributed by atoms with van der Waals surface area (Å²) < 4.78 is 64.5. The van der Waals surface area contributed by atoms with Gasteiger partial charge in [0.05, 0.1) is 24.2 Å². The molecule has 196 valence electrons. The Morgan fingerprint density at radius 3 is 1.77 bits per heavy atom. The molecule has 1 aromatic carbocycles. The van der Waals surface area contributed by atoms with Crippen LogP contribution in [0.3, 0.4) is 0 Å². The number of ether oxygens (including phenoxy) is 2. The molecule has 1 atom stereocenters. The van der Waals surface area contributed by atoms with Crippen molar-refractivity contribution >= 4 is 11.6 Å². The Labute approximate surface area is 211 Å². The van der Waals surface area contributed by atoms with Gasteiger partial charge in [-0.25, -0.2) is 4.39 Å². The van der Waals surface area contributed by atoms with Gasteiger partial charge in [-0.3, -0.25) is 0 Å². The molecule has 1 saturated heterocycles. The number of epoxide rings is 1. The van der Waals surface area contributed by atoms with Crippen LogP contribution < -0.4 is 4.74 Å². The molecule has 35 heavy (non-hydrogen) atoms. The van der Waals surface area contributed by atoms with E-state index >= 15 is 0 Å². The summed E-state index contributed by atoms with van der Waals surface area (Å²) >= 11 is 6.16. The quantitative estimate of drug-likeness (QED) is 0.278. The first-order valence-electron chi connectivity index (χ1n) is 13.6. The number of rotatable bonds is 6. The summed E-state index contributed by atoms with van der Waals surface area (Å²) in [6.45, 7) is 1.11. The lowest BCUT2D eigenvalue weighted by Crippen LogP contribution is -2.33. The highest BCUT2D eigenvalue weighted by molar-refractivity contribution is 6.31. The van der Waals surface area contributed by atoms with Crippen molar-refractivity contribution in [3.8, 4) is 5.75 Å². The van der Waals surface area contributed by atoms with Gasteiger partial charge in [-0.05, 0) is 113 Å². The van der Waals surface area contributed by atoms with E-state index in [0.717, 1.165) is 37.5 Å². The maximum Gasteiger partial charge on any atom is 0.391 e. The zero-order valence-electron chi connectivity index (χ0n) is 20.3. The maximum atomic E-state index is 14.6. The van der Waals surface area contributed by atoms with Gasteiger partial charge in [0.15, 0.2) is 11.6 Å². The predicted octanol–water partition coefficient (Wildman–Crippen LogP) is 8.91. The van der Waals surface area contributed by atoms with Gasteiger partial charge < -0.3 is 9.47 Å². The Bertz CT molecular complexity index is 847. The minimum Gasteiger partial charge on any atom is -0.490 e. The molecule has 1 heterocycles. The van der Waals surface area contributed by atoms with E-state index in [-0.39, 0.29) is 16.9 Å². The van der Waals surface area contributed by atoms with E-state index in [9.17, 15) is 17.6 Å². The van der Waals surface area contributed by atoms with Gasteiger partial charge in [-0.2, -0.15) is 13.2 Å². The predicted molar refractivity (Wildman–Crippen MR) is 128 cm³/mol. The van der Waals surface area contributed by atoms with Crippen LogP contribution in [0.15, 0.2) is 12.1 Å². The first-order chi connectivity index (χ1) is 16.8. The van der Waals surface area contributed by atoms with E-state index in [2.05, 4.69) is 0 Å². The molecule has 2 nitrogen and oxygen atoms in total. The molecule has 0 aromatic heterocycles. The molecule has 5 rings (SSSR count). The molecule has 7 heteroatoms. The Hall–Kier alpha value is -1.01. The second-order valence-electron chi connectivity index (χ2n) is 11.5. The van der Waals surface area contributed by atoms with Gasteiger partial charge in [0.25, 0.3) is 0 Å². The zero-order chi connectivity index (χ0) is 24.6. The SMILES string of the molecule is Fc1c(OCC2CCC(C3CCC(C4CCC(C(F)(F)F)CC4)CC3)CC2)ccc(C2CO2)c1Cl. The maximum absolute atomic E-state index is 14.6. The highest BCUT2D eigenvalue weighted by Crippen LogP contribution is 2.48. The van der Waals surface area contributed by atoms with Crippen molar-refractivity contribution in [2.24, 2.45) is 35.5 Å². The van der Waals surface area contributed by atoms with E-state index in [1.165, 1.54) is 38.5 Å². The lowest BCUT2D eigenvalue weighted by molar-refractivity contribution is -0.185. The summed E-state index contributed by atoms with van der Waals surface area (Å²) in [6, 6.07) is 3.46. The van der Waals surface area contributed by atoms with Crippen LogP contribution in [0.5, 0.6) is 5.75 Å². The topological polar surface area (TPSA) is 21.8 Å². The number of alkyl halides is 3. The van der Waals surface area contributed by atoms with E-state index in [1.54, 1.807) is 12.1 Å². The highest BCUT2D eigenvalue weighted by Gasteiger charge is 2.43. The minimum atomic E-state index is -4.01. The lowest BCUT2D eigenvalue weighted by atomic mass is 9.65. The average Bonchev–Trinajstić information content (AvgIpc) is 3.70. The van der Waals surface area contributed by atoms with Crippen molar-refractivity contribution in [2.45, 2.75) is 89.3 Å². The van der Waals surface area contributed by atoms with Gasteiger partial charge in [0, 0.05) is 5.56 Å². The summed E-state index contributed by atoms with van der Waals surface area (Å²) in [5.41, 5.74) is 0.695. The fourth-order valence-corrected chi connectivity index (χ4v) is 7.45. The smallest absolute Gasteiger partial charge is 0.391 e. The Kier molecular flexibility index (Phi) is 7.89. The normalized spacial score (nSPS) is 36.1. The minimum absolute atomic E-state index is 0.0826. The molecular formula is C28H37ClF4O2. The van der Waals surface area contributed by atoms with Crippen molar-refractivity contribution < 1.29 is 27.0 Å². The molecule has 0 bridgehead atoms. The van der Waals surface area contributed by atoms with Crippen molar-refractivity contribution in [2.75, 3.05) is 13.2 Å². The molecular weight excluding hydrogens is 480 g/mol. The Morgan fingerprint density at radius 2 is 1.29 bits per heavy atom. The van der Waals surface area contributed by atoms with Crippen LogP contribution in [0.1, 0.15) is 88.7 Å². The van der Waals surface area contributed by atoms with Crippen LogP contribution in [0, 0.1) is 41.3 Å².